The molecule has 0 aliphatic carbocycles. The summed E-state index contributed by atoms with van der Waals surface area (Å²) in [6.45, 7) is 0. The fourth-order valence-electron chi connectivity index (χ4n) is 1.29. The van der Waals surface area contributed by atoms with Gasteiger partial charge in [-0.25, -0.2) is 4.98 Å². The van der Waals surface area contributed by atoms with Crippen molar-refractivity contribution in [2.45, 2.75) is 0 Å². The molecule has 1 aromatic heterocycles. The Bertz CT molecular complexity index is 507. The molecule has 0 saturated heterocycles. The number of benzene rings is 1. The lowest BCUT2D eigenvalue weighted by Crippen LogP contribution is -1.86. The zero-order valence-corrected chi connectivity index (χ0v) is 8.98. The van der Waals surface area contributed by atoms with Crippen LogP contribution in [0.1, 0.15) is 5.56 Å². The van der Waals surface area contributed by atoms with E-state index in [9.17, 15) is 4.91 Å². The van der Waals surface area contributed by atoms with Crippen LogP contribution in [0.3, 0.4) is 0 Å². The van der Waals surface area contributed by atoms with Crippen molar-refractivity contribution in [1.82, 2.24) is 4.98 Å². The summed E-state index contributed by atoms with van der Waals surface area (Å²) in [5.74, 6) is 1.24. The minimum absolute atomic E-state index is 0.547. The second-order valence-corrected chi connectivity index (χ2v) is 3.26. The summed E-state index contributed by atoms with van der Waals surface area (Å²) in [7, 11) is 0. The molecule has 0 amide bonds. The van der Waals surface area contributed by atoms with Crippen molar-refractivity contribution >= 4 is 6.08 Å². The third kappa shape index (κ3) is 3.24. The fraction of sp³-hybridized carbons (Fsp3) is 0. The van der Waals surface area contributed by atoms with Crippen molar-refractivity contribution in [3.63, 3.8) is 0 Å². The molecule has 0 fully saturated rings. The number of rotatable bonds is 4. The van der Waals surface area contributed by atoms with Crippen molar-refractivity contribution in [2.75, 3.05) is 0 Å². The van der Waals surface area contributed by atoms with Gasteiger partial charge in [-0.2, -0.15) is 0 Å². The maximum Gasteiger partial charge on any atom is 0.219 e. The number of aromatic nitrogens is 1. The summed E-state index contributed by atoms with van der Waals surface area (Å²) in [4.78, 5) is 14.0. The van der Waals surface area contributed by atoms with Gasteiger partial charge in [-0.1, -0.05) is 18.2 Å². The van der Waals surface area contributed by atoms with Crippen LogP contribution in [-0.4, -0.2) is 4.98 Å². The first-order chi connectivity index (χ1) is 8.38. The highest BCUT2D eigenvalue weighted by atomic mass is 16.5. The van der Waals surface area contributed by atoms with Gasteiger partial charge in [-0.15, -0.1) is 4.91 Å². The van der Waals surface area contributed by atoms with Gasteiger partial charge in [0.25, 0.3) is 0 Å². The predicted octanol–water partition coefficient (Wildman–Crippen LogP) is 3.61. The van der Waals surface area contributed by atoms with Crippen LogP contribution in [-0.2, 0) is 0 Å². The Morgan fingerprint density at radius 1 is 1.12 bits per heavy atom. The normalized spacial score (nSPS) is 10.4. The van der Waals surface area contributed by atoms with E-state index in [1.54, 1.807) is 30.5 Å². The highest BCUT2D eigenvalue weighted by Crippen LogP contribution is 2.19. The van der Waals surface area contributed by atoms with Crippen LogP contribution >= 0.6 is 0 Å². The molecule has 4 heteroatoms. The lowest BCUT2D eigenvalue weighted by atomic mass is 10.2. The van der Waals surface area contributed by atoms with Crippen molar-refractivity contribution in [3.8, 4) is 11.6 Å². The topological polar surface area (TPSA) is 51.5 Å². The van der Waals surface area contributed by atoms with E-state index in [4.69, 9.17) is 4.74 Å². The Balaban J connectivity index is 2.08. The number of nitrogens with zero attached hydrogens (tertiary/aromatic N) is 2. The van der Waals surface area contributed by atoms with Crippen LogP contribution in [0.4, 0.5) is 0 Å². The molecule has 17 heavy (non-hydrogen) atoms. The van der Waals surface area contributed by atoms with Gasteiger partial charge in [0, 0.05) is 12.3 Å². The molecule has 0 spiro atoms. The Kier molecular flexibility index (Phi) is 3.60. The summed E-state index contributed by atoms with van der Waals surface area (Å²) < 4.78 is 5.52. The molecule has 0 atom stereocenters. The largest absolute Gasteiger partial charge is 0.439 e. The summed E-state index contributed by atoms with van der Waals surface area (Å²) in [5.41, 5.74) is 0.887. The van der Waals surface area contributed by atoms with Crippen LogP contribution in [0, 0.1) is 4.91 Å². The fourth-order valence-corrected chi connectivity index (χ4v) is 1.29. The second kappa shape index (κ2) is 5.55. The van der Waals surface area contributed by atoms with Crippen molar-refractivity contribution < 1.29 is 4.74 Å². The Morgan fingerprint density at radius 2 is 1.94 bits per heavy atom. The van der Waals surface area contributed by atoms with Gasteiger partial charge >= 0.3 is 0 Å². The minimum Gasteiger partial charge on any atom is -0.439 e. The van der Waals surface area contributed by atoms with Gasteiger partial charge < -0.3 is 4.74 Å². The lowest BCUT2D eigenvalue weighted by molar-refractivity contribution is 0.463. The molecule has 4 nitrogen and oxygen atoms in total. The first-order valence-corrected chi connectivity index (χ1v) is 5.06. The van der Waals surface area contributed by atoms with Gasteiger partial charge in [0.1, 0.15) is 5.75 Å². The summed E-state index contributed by atoms with van der Waals surface area (Å²) in [6, 6.07) is 12.7. The van der Waals surface area contributed by atoms with Crippen molar-refractivity contribution in [2.24, 2.45) is 5.18 Å². The molecule has 84 valence electrons. The van der Waals surface area contributed by atoms with E-state index in [0.717, 1.165) is 5.56 Å². The SMILES string of the molecule is O=N/C=C/c1ccc(Oc2ccccn2)cc1. The van der Waals surface area contributed by atoms with E-state index >= 15 is 0 Å². The molecule has 1 heterocycles. The predicted molar refractivity (Wildman–Crippen MR) is 65.6 cm³/mol. The quantitative estimate of drug-likeness (QED) is 0.748. The number of hydrogen-bond donors (Lipinski definition) is 0. The molecule has 1 aromatic carbocycles. The molecule has 0 unspecified atom stereocenters. The maximum absolute atomic E-state index is 9.92. The van der Waals surface area contributed by atoms with E-state index in [0.29, 0.717) is 11.6 Å². The van der Waals surface area contributed by atoms with E-state index in [1.165, 1.54) is 6.20 Å². The molecule has 0 radical (unpaired) electrons. The number of hydrogen-bond acceptors (Lipinski definition) is 4. The third-order valence-electron chi connectivity index (χ3n) is 2.07. The lowest BCUT2D eigenvalue weighted by Gasteiger charge is -2.03. The summed E-state index contributed by atoms with van der Waals surface area (Å²) in [5, 5.41) is 2.65. The maximum atomic E-state index is 9.92. The van der Waals surface area contributed by atoms with Gasteiger partial charge in [-0.3, -0.25) is 0 Å². The van der Waals surface area contributed by atoms with Crippen molar-refractivity contribution in [3.05, 3.63) is 65.3 Å². The summed E-state index contributed by atoms with van der Waals surface area (Å²) in [6.07, 6.45) is 4.49. The monoisotopic (exact) mass is 226 g/mol. The number of nitroso groups, excluding NO2 is 1. The van der Waals surface area contributed by atoms with Crippen LogP contribution in [0.5, 0.6) is 11.6 Å². The van der Waals surface area contributed by atoms with Gasteiger partial charge in [0.15, 0.2) is 0 Å². The first-order valence-electron chi connectivity index (χ1n) is 5.06. The standard InChI is InChI=1S/C13H10N2O2/c16-15-10-8-11-4-6-12(7-5-11)17-13-3-1-2-9-14-13/h1-10H/b10-8+. The molecule has 2 rings (SSSR count). The van der Waals surface area contributed by atoms with Gasteiger partial charge in [0.2, 0.25) is 5.88 Å². The minimum atomic E-state index is 0.547. The van der Waals surface area contributed by atoms with Crippen molar-refractivity contribution in [1.29, 1.82) is 0 Å². The highest BCUT2D eigenvalue weighted by molar-refractivity contribution is 5.50. The zero-order chi connectivity index (χ0) is 11.9. The van der Waals surface area contributed by atoms with Crippen LogP contribution in [0.2, 0.25) is 0 Å². The molecular weight excluding hydrogens is 216 g/mol. The molecule has 0 bridgehead atoms. The molecule has 0 saturated carbocycles. The Labute approximate surface area is 98.6 Å². The van der Waals surface area contributed by atoms with E-state index in [-0.39, 0.29) is 0 Å². The van der Waals surface area contributed by atoms with Crippen LogP contribution < -0.4 is 4.74 Å². The molecule has 2 aromatic rings. The van der Waals surface area contributed by atoms with E-state index in [2.05, 4.69) is 10.2 Å². The van der Waals surface area contributed by atoms with E-state index in [1.807, 2.05) is 24.3 Å². The smallest absolute Gasteiger partial charge is 0.219 e. The Morgan fingerprint density at radius 3 is 2.59 bits per heavy atom. The number of pyridine rings is 1. The average Bonchev–Trinajstić information content (AvgIpc) is 2.39. The third-order valence-corrected chi connectivity index (χ3v) is 2.07. The second-order valence-electron chi connectivity index (χ2n) is 3.26. The Hall–Kier alpha value is -2.49. The zero-order valence-electron chi connectivity index (χ0n) is 8.98. The molecule has 0 N–H and O–H groups in total. The average molecular weight is 226 g/mol. The van der Waals surface area contributed by atoms with Gasteiger partial charge in [-0.05, 0) is 35.0 Å². The molecular formula is C13H10N2O2. The first kappa shape index (κ1) is 11.0. The van der Waals surface area contributed by atoms with Crippen LogP contribution in [0.25, 0.3) is 6.08 Å². The summed E-state index contributed by atoms with van der Waals surface area (Å²) >= 11 is 0. The van der Waals surface area contributed by atoms with E-state index < -0.39 is 0 Å². The van der Waals surface area contributed by atoms with Crippen LogP contribution in [0.15, 0.2) is 60.0 Å². The number of ether oxygens (including phenoxy) is 1. The molecule has 0 aliphatic rings. The molecule has 0 aliphatic heterocycles. The highest BCUT2D eigenvalue weighted by Gasteiger charge is 1.96. The van der Waals surface area contributed by atoms with Gasteiger partial charge in [0.05, 0.1) is 6.20 Å².